The largest absolute Gasteiger partial charge is 0.508 e. The Kier molecular flexibility index (Phi) is 5.24. The molecule has 1 amide bonds. The minimum absolute atomic E-state index is 0.0210. The molecule has 0 aliphatic heterocycles. The van der Waals surface area contributed by atoms with E-state index in [2.05, 4.69) is 5.32 Å². The van der Waals surface area contributed by atoms with Gasteiger partial charge in [0, 0.05) is 27.7 Å². The zero-order chi connectivity index (χ0) is 19.7. The van der Waals surface area contributed by atoms with Crippen molar-refractivity contribution in [2.24, 2.45) is 0 Å². The number of hydrogen-bond acceptors (Lipinski definition) is 3. The fourth-order valence-corrected chi connectivity index (χ4v) is 3.43. The molecule has 0 spiro atoms. The van der Waals surface area contributed by atoms with Crippen LogP contribution >= 0.6 is 11.6 Å². The normalized spacial score (nSPS) is 11.1. The number of phenols is 1. The molecule has 3 aromatic rings. The first kappa shape index (κ1) is 19.0. The van der Waals surface area contributed by atoms with Gasteiger partial charge >= 0.3 is 0 Å². The first-order valence-corrected chi connectivity index (χ1v) is 9.08. The molecule has 0 aliphatic carbocycles. The Balaban J connectivity index is 2.15. The minimum atomic E-state index is -0.235. The Morgan fingerprint density at radius 2 is 1.93 bits per heavy atom. The Hall–Kier alpha value is -2.79. The number of rotatable bonds is 4. The first-order chi connectivity index (χ1) is 12.8. The van der Waals surface area contributed by atoms with Gasteiger partial charge in [-0.3, -0.25) is 14.2 Å². The van der Waals surface area contributed by atoms with Gasteiger partial charge in [-0.05, 0) is 62.7 Å². The highest BCUT2D eigenvalue weighted by atomic mass is 35.5. The molecule has 0 radical (unpaired) electrons. The molecule has 6 heteroatoms. The van der Waals surface area contributed by atoms with Crippen LogP contribution in [0.2, 0.25) is 5.02 Å². The number of carbonyl (C=O) groups excluding carboxylic acids is 2. The molecule has 3 rings (SSSR count). The monoisotopic (exact) mass is 384 g/mol. The van der Waals surface area contributed by atoms with E-state index in [-0.39, 0.29) is 30.0 Å². The average molecular weight is 385 g/mol. The second-order valence-corrected chi connectivity index (χ2v) is 7.25. The summed E-state index contributed by atoms with van der Waals surface area (Å²) in [5.41, 5.74) is 2.48. The quantitative estimate of drug-likeness (QED) is 0.712. The second kappa shape index (κ2) is 7.45. The summed E-state index contributed by atoms with van der Waals surface area (Å²) in [5, 5.41) is 13.9. The van der Waals surface area contributed by atoms with Crippen LogP contribution in [0.4, 0.5) is 0 Å². The van der Waals surface area contributed by atoms with Crippen LogP contribution in [0.3, 0.4) is 0 Å². The SMILES string of the molecule is Cc1c(CC(=O)NC(C)C)c2cc(O)ccc2n1C(=O)c1cccc(Cl)c1. The summed E-state index contributed by atoms with van der Waals surface area (Å²) in [6.45, 7) is 5.59. The van der Waals surface area contributed by atoms with Gasteiger partial charge in [0.05, 0.1) is 11.9 Å². The van der Waals surface area contributed by atoms with E-state index in [0.717, 1.165) is 5.56 Å². The molecule has 0 aliphatic rings. The van der Waals surface area contributed by atoms with E-state index in [1.54, 1.807) is 47.9 Å². The summed E-state index contributed by atoms with van der Waals surface area (Å²) in [6.07, 6.45) is 0.125. The van der Waals surface area contributed by atoms with Gasteiger partial charge in [-0.1, -0.05) is 17.7 Å². The second-order valence-electron chi connectivity index (χ2n) is 6.82. The van der Waals surface area contributed by atoms with Gasteiger partial charge in [-0.25, -0.2) is 0 Å². The molecule has 0 bridgehead atoms. The number of carbonyl (C=O) groups is 2. The lowest BCUT2D eigenvalue weighted by Gasteiger charge is -2.09. The molecule has 0 saturated carbocycles. The van der Waals surface area contributed by atoms with Crippen LogP contribution in [0, 0.1) is 6.92 Å². The standard InChI is InChI=1S/C21H21ClN2O3/c1-12(2)23-20(26)11-17-13(3)24(19-8-7-16(25)10-18(17)19)21(27)14-5-4-6-15(22)9-14/h4-10,12,25H,11H2,1-3H3,(H,23,26). The molecule has 27 heavy (non-hydrogen) atoms. The summed E-state index contributed by atoms with van der Waals surface area (Å²) in [7, 11) is 0. The maximum atomic E-state index is 13.1. The summed E-state index contributed by atoms with van der Waals surface area (Å²) in [4.78, 5) is 25.4. The van der Waals surface area contributed by atoms with Gasteiger partial charge in [0.2, 0.25) is 5.91 Å². The first-order valence-electron chi connectivity index (χ1n) is 8.70. The van der Waals surface area contributed by atoms with E-state index in [9.17, 15) is 14.7 Å². The van der Waals surface area contributed by atoms with Gasteiger partial charge in [-0.2, -0.15) is 0 Å². The number of benzene rings is 2. The van der Waals surface area contributed by atoms with Crippen molar-refractivity contribution in [3.63, 3.8) is 0 Å². The van der Waals surface area contributed by atoms with Crippen molar-refractivity contribution in [3.05, 3.63) is 64.3 Å². The lowest BCUT2D eigenvalue weighted by molar-refractivity contribution is -0.120. The number of nitrogens with one attached hydrogen (secondary N) is 1. The summed E-state index contributed by atoms with van der Waals surface area (Å²) >= 11 is 6.03. The van der Waals surface area contributed by atoms with Crippen molar-refractivity contribution in [1.29, 1.82) is 0 Å². The smallest absolute Gasteiger partial charge is 0.262 e. The van der Waals surface area contributed by atoms with E-state index >= 15 is 0 Å². The van der Waals surface area contributed by atoms with Crippen molar-refractivity contribution >= 4 is 34.3 Å². The number of fused-ring (bicyclic) bond motifs is 1. The molecular formula is C21H21ClN2O3. The Morgan fingerprint density at radius 1 is 1.19 bits per heavy atom. The van der Waals surface area contributed by atoms with Crippen LogP contribution in [-0.4, -0.2) is 27.5 Å². The van der Waals surface area contributed by atoms with Crippen LogP contribution in [0.5, 0.6) is 5.75 Å². The molecule has 0 fully saturated rings. The molecular weight excluding hydrogens is 364 g/mol. The van der Waals surface area contributed by atoms with Crippen LogP contribution in [0.25, 0.3) is 10.9 Å². The topological polar surface area (TPSA) is 71.3 Å². The van der Waals surface area contributed by atoms with Crippen LogP contribution < -0.4 is 5.32 Å². The van der Waals surface area contributed by atoms with E-state index < -0.39 is 0 Å². The molecule has 1 heterocycles. The zero-order valence-corrected chi connectivity index (χ0v) is 16.2. The Labute approximate surface area is 162 Å². The zero-order valence-electron chi connectivity index (χ0n) is 15.4. The number of hydrogen-bond donors (Lipinski definition) is 2. The third kappa shape index (κ3) is 3.83. The van der Waals surface area contributed by atoms with E-state index in [4.69, 9.17) is 11.6 Å². The number of halogens is 1. The maximum absolute atomic E-state index is 13.1. The maximum Gasteiger partial charge on any atom is 0.262 e. The summed E-state index contributed by atoms with van der Waals surface area (Å²) in [5.74, 6) is -0.285. The molecule has 1 aromatic heterocycles. The fourth-order valence-electron chi connectivity index (χ4n) is 3.24. The van der Waals surface area contributed by atoms with Crippen LogP contribution in [0.1, 0.15) is 35.5 Å². The van der Waals surface area contributed by atoms with Gasteiger partial charge in [0.25, 0.3) is 5.91 Å². The molecule has 140 valence electrons. The van der Waals surface area contributed by atoms with E-state index in [0.29, 0.717) is 27.2 Å². The van der Waals surface area contributed by atoms with Gasteiger partial charge in [-0.15, -0.1) is 0 Å². The van der Waals surface area contributed by atoms with Crippen molar-refractivity contribution in [2.45, 2.75) is 33.2 Å². The van der Waals surface area contributed by atoms with Crippen LogP contribution in [0.15, 0.2) is 42.5 Å². The molecule has 0 saturated heterocycles. The predicted molar refractivity (Wildman–Crippen MR) is 107 cm³/mol. The number of aromatic hydroxyl groups is 1. The lowest BCUT2D eigenvalue weighted by Crippen LogP contribution is -2.31. The number of amides is 1. The molecule has 5 nitrogen and oxygen atoms in total. The van der Waals surface area contributed by atoms with Gasteiger partial charge in [0.15, 0.2) is 0 Å². The van der Waals surface area contributed by atoms with Gasteiger partial charge in [0.1, 0.15) is 5.75 Å². The number of phenolic OH excluding ortho intramolecular Hbond substituents is 1. The molecule has 0 unspecified atom stereocenters. The van der Waals surface area contributed by atoms with Crippen molar-refractivity contribution in [1.82, 2.24) is 9.88 Å². The van der Waals surface area contributed by atoms with Crippen molar-refractivity contribution < 1.29 is 14.7 Å². The van der Waals surface area contributed by atoms with Crippen molar-refractivity contribution in [2.75, 3.05) is 0 Å². The Bertz CT molecular complexity index is 1040. The summed E-state index contributed by atoms with van der Waals surface area (Å²) in [6, 6.07) is 11.6. The minimum Gasteiger partial charge on any atom is -0.508 e. The highest BCUT2D eigenvalue weighted by Gasteiger charge is 2.22. The Morgan fingerprint density at radius 3 is 2.59 bits per heavy atom. The van der Waals surface area contributed by atoms with Crippen LogP contribution in [-0.2, 0) is 11.2 Å². The number of aromatic nitrogens is 1. The summed E-state index contributed by atoms with van der Waals surface area (Å²) < 4.78 is 1.57. The third-order valence-electron chi connectivity index (χ3n) is 4.38. The highest BCUT2D eigenvalue weighted by molar-refractivity contribution is 6.31. The fraction of sp³-hybridized carbons (Fsp3) is 0.238. The predicted octanol–water partition coefficient (Wildman–Crippen LogP) is 4.06. The van der Waals surface area contributed by atoms with E-state index in [1.807, 2.05) is 13.8 Å². The molecule has 0 atom stereocenters. The highest BCUT2D eigenvalue weighted by Crippen LogP contribution is 2.30. The molecule has 2 N–H and O–H groups in total. The average Bonchev–Trinajstić information content (AvgIpc) is 2.85. The molecule has 2 aromatic carbocycles. The number of nitrogens with zero attached hydrogens (tertiary/aromatic N) is 1. The lowest BCUT2D eigenvalue weighted by atomic mass is 10.1. The van der Waals surface area contributed by atoms with Gasteiger partial charge < -0.3 is 10.4 Å². The van der Waals surface area contributed by atoms with Crippen molar-refractivity contribution in [3.8, 4) is 5.75 Å². The third-order valence-corrected chi connectivity index (χ3v) is 4.62. The van der Waals surface area contributed by atoms with E-state index in [1.165, 1.54) is 6.07 Å².